The summed E-state index contributed by atoms with van der Waals surface area (Å²) in [6.45, 7) is 4.61. The number of carbonyl (C=O) groups excluding carboxylic acids is 4. The van der Waals surface area contributed by atoms with Crippen molar-refractivity contribution in [3.8, 4) is 0 Å². The van der Waals surface area contributed by atoms with Crippen molar-refractivity contribution in [3.05, 3.63) is 65.2 Å². The molecule has 1 unspecified atom stereocenters. The predicted octanol–water partition coefficient (Wildman–Crippen LogP) is 3.68. The number of nitrogens with one attached hydrogen (secondary N) is 1. The number of aliphatic carboxylic acids is 1. The minimum Gasteiger partial charge on any atom is -0.480 e. The van der Waals surface area contributed by atoms with Crippen LogP contribution in [0.15, 0.2) is 48.5 Å². The van der Waals surface area contributed by atoms with Crippen LogP contribution >= 0.6 is 0 Å². The Balaban J connectivity index is 1.33. The normalized spacial score (nSPS) is 20.7. The van der Waals surface area contributed by atoms with Gasteiger partial charge in [0.25, 0.3) is 5.91 Å². The highest BCUT2D eigenvalue weighted by atomic mass is 16.6. The number of carboxylic acid groups (broad SMARTS) is 1. The molecular formula is C30H33N3O7. The first kappa shape index (κ1) is 27.4. The second-order valence-corrected chi connectivity index (χ2v) is 11.4. The molecule has 1 heterocycles. The van der Waals surface area contributed by atoms with Crippen LogP contribution in [0.5, 0.6) is 0 Å². The minimum absolute atomic E-state index is 0.0256. The monoisotopic (exact) mass is 547 g/mol. The van der Waals surface area contributed by atoms with E-state index < -0.39 is 41.4 Å². The molecule has 0 radical (unpaired) electrons. The topological polar surface area (TPSA) is 133 Å². The Labute approximate surface area is 232 Å². The van der Waals surface area contributed by atoms with E-state index in [0.29, 0.717) is 35.7 Å². The average molecular weight is 548 g/mol. The lowest BCUT2D eigenvalue weighted by Gasteiger charge is -2.30. The van der Waals surface area contributed by atoms with Gasteiger partial charge in [-0.2, -0.15) is 0 Å². The van der Waals surface area contributed by atoms with Crippen LogP contribution in [-0.2, 0) is 42.5 Å². The molecule has 1 aliphatic heterocycles. The number of carboxylic acids is 1. The van der Waals surface area contributed by atoms with Gasteiger partial charge < -0.3 is 20.1 Å². The number of ether oxygens (including phenoxy) is 1. The highest BCUT2D eigenvalue weighted by molar-refractivity contribution is 6.08. The molecule has 1 saturated carbocycles. The first-order valence-corrected chi connectivity index (χ1v) is 13.5. The zero-order valence-electron chi connectivity index (χ0n) is 22.8. The fraction of sp³-hybridized carbons (Fsp3) is 0.433. The van der Waals surface area contributed by atoms with Gasteiger partial charge in [-0.1, -0.05) is 36.4 Å². The van der Waals surface area contributed by atoms with Gasteiger partial charge >= 0.3 is 12.1 Å². The quantitative estimate of drug-likeness (QED) is 0.458. The SMILES string of the molecule is C[C@@H](C1CC1)N(Cc1ccccc1)C(=O)CN1C(=O)OC2(CCc3cc(NC(=O)C(C)(C)C(=O)O)ccc32)C1=O. The number of hydrogen-bond donors (Lipinski definition) is 2. The van der Waals surface area contributed by atoms with Crippen molar-refractivity contribution in [1.82, 2.24) is 9.80 Å². The third-order valence-corrected chi connectivity index (χ3v) is 8.32. The van der Waals surface area contributed by atoms with E-state index in [9.17, 15) is 29.1 Å². The van der Waals surface area contributed by atoms with Crippen LogP contribution in [0, 0.1) is 11.3 Å². The number of anilines is 1. The largest absolute Gasteiger partial charge is 0.480 e. The summed E-state index contributed by atoms with van der Waals surface area (Å²) >= 11 is 0. The summed E-state index contributed by atoms with van der Waals surface area (Å²) in [5, 5.41) is 11.9. The van der Waals surface area contributed by atoms with Gasteiger partial charge in [0, 0.05) is 30.3 Å². The predicted molar refractivity (Wildman–Crippen MR) is 144 cm³/mol. The Morgan fingerprint density at radius 1 is 1.15 bits per heavy atom. The summed E-state index contributed by atoms with van der Waals surface area (Å²) < 4.78 is 5.69. The Morgan fingerprint density at radius 2 is 1.85 bits per heavy atom. The molecule has 1 spiro atoms. The first-order valence-electron chi connectivity index (χ1n) is 13.5. The number of imide groups is 1. The Kier molecular flexibility index (Phi) is 6.89. The lowest BCUT2D eigenvalue weighted by molar-refractivity contribution is -0.151. The maximum atomic E-state index is 13.7. The molecule has 1 saturated heterocycles. The fourth-order valence-corrected chi connectivity index (χ4v) is 5.41. The zero-order valence-corrected chi connectivity index (χ0v) is 22.8. The number of carbonyl (C=O) groups is 5. The smallest absolute Gasteiger partial charge is 0.418 e. The van der Waals surface area contributed by atoms with Gasteiger partial charge in [-0.05, 0) is 69.2 Å². The third-order valence-electron chi connectivity index (χ3n) is 8.32. The van der Waals surface area contributed by atoms with Crippen LogP contribution in [0.2, 0.25) is 0 Å². The molecule has 3 aliphatic rings. The Morgan fingerprint density at radius 3 is 2.50 bits per heavy atom. The average Bonchev–Trinajstić information content (AvgIpc) is 3.68. The van der Waals surface area contributed by atoms with E-state index in [2.05, 4.69) is 5.32 Å². The molecular weight excluding hydrogens is 514 g/mol. The van der Waals surface area contributed by atoms with Gasteiger partial charge in [-0.15, -0.1) is 0 Å². The van der Waals surface area contributed by atoms with E-state index in [1.807, 2.05) is 37.3 Å². The summed E-state index contributed by atoms with van der Waals surface area (Å²) in [5.41, 5.74) is -0.603. The summed E-state index contributed by atoms with van der Waals surface area (Å²) in [6, 6.07) is 14.4. The van der Waals surface area contributed by atoms with Gasteiger partial charge in [-0.3, -0.25) is 19.2 Å². The van der Waals surface area contributed by atoms with Crippen LogP contribution in [0.25, 0.3) is 0 Å². The molecule has 2 aromatic rings. The summed E-state index contributed by atoms with van der Waals surface area (Å²) in [5.74, 6) is -2.42. The van der Waals surface area contributed by atoms with Gasteiger partial charge in [0.05, 0.1) is 0 Å². The molecule has 210 valence electrons. The van der Waals surface area contributed by atoms with E-state index >= 15 is 0 Å². The number of nitrogens with zero attached hydrogens (tertiary/aromatic N) is 2. The molecule has 10 nitrogen and oxygen atoms in total. The second-order valence-electron chi connectivity index (χ2n) is 11.4. The summed E-state index contributed by atoms with van der Waals surface area (Å²) in [6.07, 6.45) is 1.84. The summed E-state index contributed by atoms with van der Waals surface area (Å²) in [4.78, 5) is 66.7. The van der Waals surface area contributed by atoms with Crippen LogP contribution < -0.4 is 5.32 Å². The van der Waals surface area contributed by atoms with Crippen molar-refractivity contribution in [2.24, 2.45) is 11.3 Å². The lowest BCUT2D eigenvalue weighted by atomic mass is 9.92. The Bertz CT molecular complexity index is 1380. The van der Waals surface area contributed by atoms with Crippen LogP contribution in [-0.4, -0.2) is 57.3 Å². The van der Waals surface area contributed by atoms with Gasteiger partial charge in [-0.25, -0.2) is 9.69 Å². The van der Waals surface area contributed by atoms with Crippen LogP contribution in [0.1, 0.15) is 56.7 Å². The van der Waals surface area contributed by atoms with E-state index in [1.165, 1.54) is 13.8 Å². The van der Waals surface area contributed by atoms with Crippen LogP contribution in [0.3, 0.4) is 0 Å². The molecule has 2 atom stereocenters. The second kappa shape index (κ2) is 10.1. The van der Waals surface area contributed by atoms with Crippen molar-refractivity contribution in [2.75, 3.05) is 11.9 Å². The van der Waals surface area contributed by atoms with E-state index in [1.54, 1.807) is 23.1 Å². The highest BCUT2D eigenvalue weighted by Crippen LogP contribution is 2.46. The number of fused-ring (bicyclic) bond motifs is 2. The van der Waals surface area contributed by atoms with Crippen molar-refractivity contribution in [1.29, 1.82) is 0 Å². The molecule has 2 fully saturated rings. The van der Waals surface area contributed by atoms with E-state index in [4.69, 9.17) is 4.74 Å². The van der Waals surface area contributed by atoms with Crippen LogP contribution in [0.4, 0.5) is 10.5 Å². The maximum Gasteiger partial charge on any atom is 0.418 e. The number of hydrogen-bond acceptors (Lipinski definition) is 6. The maximum absolute atomic E-state index is 13.7. The molecule has 0 aromatic heterocycles. The molecule has 2 N–H and O–H groups in total. The van der Waals surface area contributed by atoms with Gasteiger partial charge in [0.15, 0.2) is 0 Å². The van der Waals surface area contributed by atoms with Crippen molar-refractivity contribution in [3.63, 3.8) is 0 Å². The fourth-order valence-electron chi connectivity index (χ4n) is 5.41. The number of rotatable bonds is 9. The Hall–Kier alpha value is -4.21. The van der Waals surface area contributed by atoms with Crippen molar-refractivity contribution in [2.45, 2.75) is 64.6 Å². The zero-order chi connectivity index (χ0) is 28.8. The van der Waals surface area contributed by atoms with Gasteiger partial charge in [0.1, 0.15) is 12.0 Å². The molecule has 40 heavy (non-hydrogen) atoms. The molecule has 0 bridgehead atoms. The lowest BCUT2D eigenvalue weighted by Crippen LogP contribution is -2.47. The minimum atomic E-state index is -1.63. The molecule has 4 amide bonds. The highest BCUT2D eigenvalue weighted by Gasteiger charge is 2.58. The number of amides is 4. The molecule has 2 aliphatic carbocycles. The standard InChI is InChI=1S/C30H33N3O7/c1-18(20-9-10-20)32(16-19-7-5-4-6-8-19)24(34)17-33-26(36)30(40-28(33)39)14-13-21-15-22(11-12-23(21)30)31-25(35)29(2,3)27(37)38/h4-8,11-12,15,18,20H,9-10,13-14,16-17H2,1-3H3,(H,31,35)(H,37,38)/t18-,30?/m0/s1. The van der Waals surface area contributed by atoms with Crippen molar-refractivity contribution < 1.29 is 33.8 Å². The third kappa shape index (κ3) is 4.82. The first-order chi connectivity index (χ1) is 18.9. The van der Waals surface area contributed by atoms with Crippen molar-refractivity contribution >= 4 is 35.5 Å². The molecule has 10 heteroatoms. The number of aryl methyl sites for hydroxylation is 1. The van der Waals surface area contributed by atoms with E-state index in [-0.39, 0.29) is 18.4 Å². The van der Waals surface area contributed by atoms with E-state index in [0.717, 1.165) is 23.3 Å². The number of benzene rings is 2. The molecule has 2 aromatic carbocycles. The molecule has 5 rings (SSSR count). The van der Waals surface area contributed by atoms with Gasteiger partial charge in [0.2, 0.25) is 17.4 Å². The summed E-state index contributed by atoms with van der Waals surface area (Å²) in [7, 11) is 0.